The molecule has 0 radical (unpaired) electrons. The molecule has 0 bridgehead atoms. The summed E-state index contributed by atoms with van der Waals surface area (Å²) in [6.07, 6.45) is 1.96. The van der Waals surface area contributed by atoms with Gasteiger partial charge in [0.2, 0.25) is 0 Å². The van der Waals surface area contributed by atoms with Crippen LogP contribution in [0.4, 0.5) is 0 Å². The minimum absolute atomic E-state index is 0.236. The summed E-state index contributed by atoms with van der Waals surface area (Å²) in [5.74, 6) is 0. The van der Waals surface area contributed by atoms with Crippen LogP contribution in [0.5, 0.6) is 0 Å². The number of benzene rings is 1. The molecule has 1 unspecified atom stereocenters. The first kappa shape index (κ1) is 12.3. The minimum atomic E-state index is 0.236. The molecule has 0 saturated carbocycles. The van der Waals surface area contributed by atoms with Crippen molar-refractivity contribution in [3.8, 4) is 0 Å². The Kier molecular flexibility index (Phi) is 3.31. The van der Waals surface area contributed by atoms with Crippen LogP contribution in [0.3, 0.4) is 0 Å². The molecule has 1 aromatic carbocycles. The highest BCUT2D eigenvalue weighted by atomic mass is 32.1. The molecule has 1 atom stereocenters. The normalized spacial score (nSPS) is 12.9. The standard InChI is InChI=1S/C14H16N4S/c1-10(15-9-11-7-8-18(2)17-11)14-16-12-5-3-4-6-13(12)19-14/h3-8,10,15H,9H2,1-2H3. The zero-order valence-electron chi connectivity index (χ0n) is 11.0. The monoisotopic (exact) mass is 272 g/mol. The number of aromatic nitrogens is 3. The van der Waals surface area contributed by atoms with Gasteiger partial charge in [-0.15, -0.1) is 11.3 Å². The highest BCUT2D eigenvalue weighted by Gasteiger charge is 2.11. The van der Waals surface area contributed by atoms with Gasteiger partial charge < -0.3 is 5.32 Å². The van der Waals surface area contributed by atoms with E-state index in [2.05, 4.69) is 40.5 Å². The molecule has 0 fully saturated rings. The summed E-state index contributed by atoms with van der Waals surface area (Å²) >= 11 is 1.75. The van der Waals surface area contributed by atoms with E-state index in [1.54, 1.807) is 11.3 Å². The van der Waals surface area contributed by atoms with E-state index in [9.17, 15) is 0 Å². The zero-order chi connectivity index (χ0) is 13.2. The predicted octanol–water partition coefficient (Wildman–Crippen LogP) is 2.88. The van der Waals surface area contributed by atoms with Crippen LogP contribution in [0.15, 0.2) is 36.5 Å². The predicted molar refractivity (Wildman–Crippen MR) is 78.1 cm³/mol. The van der Waals surface area contributed by atoms with Crippen LogP contribution in [0.2, 0.25) is 0 Å². The molecule has 5 heteroatoms. The minimum Gasteiger partial charge on any atom is -0.302 e. The molecule has 0 aliphatic rings. The van der Waals surface area contributed by atoms with Crippen LogP contribution in [-0.2, 0) is 13.6 Å². The van der Waals surface area contributed by atoms with Crippen molar-refractivity contribution in [1.82, 2.24) is 20.1 Å². The van der Waals surface area contributed by atoms with Gasteiger partial charge in [-0.2, -0.15) is 5.10 Å². The van der Waals surface area contributed by atoms with E-state index in [-0.39, 0.29) is 6.04 Å². The SMILES string of the molecule is CC(NCc1ccn(C)n1)c1nc2ccccc2s1. The molecule has 3 aromatic rings. The van der Waals surface area contributed by atoms with Crippen LogP contribution < -0.4 is 5.32 Å². The van der Waals surface area contributed by atoms with Gasteiger partial charge in [-0.1, -0.05) is 12.1 Å². The van der Waals surface area contributed by atoms with Crippen LogP contribution in [0.25, 0.3) is 10.2 Å². The number of hydrogen-bond acceptors (Lipinski definition) is 4. The molecule has 98 valence electrons. The molecule has 0 aliphatic heterocycles. The molecule has 19 heavy (non-hydrogen) atoms. The Labute approximate surface area is 116 Å². The van der Waals surface area contributed by atoms with Gasteiger partial charge in [0.25, 0.3) is 0 Å². The number of nitrogens with zero attached hydrogens (tertiary/aromatic N) is 3. The smallest absolute Gasteiger partial charge is 0.111 e. The van der Waals surface area contributed by atoms with Gasteiger partial charge in [0.1, 0.15) is 5.01 Å². The van der Waals surface area contributed by atoms with E-state index < -0.39 is 0 Å². The number of aryl methyl sites for hydroxylation is 1. The Morgan fingerprint density at radius 1 is 1.32 bits per heavy atom. The molecule has 0 saturated heterocycles. The second kappa shape index (κ2) is 5.11. The number of para-hydroxylation sites is 1. The van der Waals surface area contributed by atoms with Gasteiger partial charge in [0.05, 0.1) is 22.0 Å². The van der Waals surface area contributed by atoms with E-state index in [4.69, 9.17) is 0 Å². The third kappa shape index (κ3) is 2.67. The summed E-state index contributed by atoms with van der Waals surface area (Å²) in [4.78, 5) is 4.66. The number of hydrogen-bond donors (Lipinski definition) is 1. The number of fused-ring (bicyclic) bond motifs is 1. The van der Waals surface area contributed by atoms with Gasteiger partial charge >= 0.3 is 0 Å². The van der Waals surface area contributed by atoms with Crippen molar-refractivity contribution in [2.45, 2.75) is 19.5 Å². The summed E-state index contributed by atoms with van der Waals surface area (Å²) in [7, 11) is 1.93. The summed E-state index contributed by atoms with van der Waals surface area (Å²) in [5, 5.41) is 8.94. The molecule has 0 aliphatic carbocycles. The second-order valence-electron chi connectivity index (χ2n) is 4.60. The molecule has 2 heterocycles. The van der Waals surface area contributed by atoms with Crippen LogP contribution in [-0.4, -0.2) is 14.8 Å². The van der Waals surface area contributed by atoms with Gasteiger partial charge in [0, 0.05) is 19.8 Å². The number of thiazole rings is 1. The lowest BCUT2D eigenvalue weighted by Gasteiger charge is -2.09. The fourth-order valence-corrected chi connectivity index (χ4v) is 2.97. The van der Waals surface area contributed by atoms with Gasteiger partial charge in [-0.3, -0.25) is 4.68 Å². The Morgan fingerprint density at radius 3 is 2.89 bits per heavy atom. The van der Waals surface area contributed by atoms with Gasteiger partial charge in [-0.25, -0.2) is 4.98 Å². The van der Waals surface area contributed by atoms with Crippen molar-refractivity contribution < 1.29 is 0 Å². The third-order valence-electron chi connectivity index (χ3n) is 3.04. The molecule has 2 aromatic heterocycles. The van der Waals surface area contributed by atoms with Crippen molar-refractivity contribution in [2.75, 3.05) is 0 Å². The van der Waals surface area contributed by atoms with Crippen molar-refractivity contribution in [3.63, 3.8) is 0 Å². The summed E-state index contributed by atoms with van der Waals surface area (Å²) in [6, 6.07) is 10.5. The third-order valence-corrected chi connectivity index (χ3v) is 4.26. The van der Waals surface area contributed by atoms with E-state index >= 15 is 0 Å². The Morgan fingerprint density at radius 2 is 2.16 bits per heavy atom. The molecular formula is C14H16N4S. The highest BCUT2D eigenvalue weighted by Crippen LogP contribution is 2.26. The van der Waals surface area contributed by atoms with Crippen LogP contribution in [0.1, 0.15) is 23.7 Å². The lowest BCUT2D eigenvalue weighted by atomic mass is 10.3. The first-order valence-corrected chi connectivity index (χ1v) is 7.11. The first-order valence-electron chi connectivity index (χ1n) is 6.30. The van der Waals surface area contributed by atoms with Crippen molar-refractivity contribution in [2.24, 2.45) is 7.05 Å². The Hall–Kier alpha value is -1.72. The lowest BCUT2D eigenvalue weighted by molar-refractivity contribution is 0.560. The maximum absolute atomic E-state index is 4.66. The molecule has 4 nitrogen and oxygen atoms in total. The largest absolute Gasteiger partial charge is 0.302 e. The van der Waals surface area contributed by atoms with Crippen molar-refractivity contribution >= 4 is 21.6 Å². The molecule has 3 rings (SSSR count). The summed E-state index contributed by atoms with van der Waals surface area (Å²) < 4.78 is 3.06. The zero-order valence-corrected chi connectivity index (χ0v) is 11.8. The molecule has 0 spiro atoms. The van der Waals surface area contributed by atoms with E-state index in [1.807, 2.05) is 30.1 Å². The molecular weight excluding hydrogens is 256 g/mol. The molecule has 1 N–H and O–H groups in total. The van der Waals surface area contributed by atoms with E-state index in [0.29, 0.717) is 0 Å². The Balaban J connectivity index is 1.71. The average molecular weight is 272 g/mol. The number of rotatable bonds is 4. The van der Waals surface area contributed by atoms with E-state index in [0.717, 1.165) is 22.8 Å². The number of nitrogens with one attached hydrogen (secondary N) is 1. The quantitative estimate of drug-likeness (QED) is 0.794. The first-order chi connectivity index (χ1) is 9.22. The summed E-state index contributed by atoms with van der Waals surface area (Å²) in [6.45, 7) is 2.90. The topological polar surface area (TPSA) is 42.7 Å². The maximum Gasteiger partial charge on any atom is 0.111 e. The van der Waals surface area contributed by atoms with E-state index in [1.165, 1.54) is 4.70 Å². The fraction of sp³-hybridized carbons (Fsp3) is 0.286. The lowest BCUT2D eigenvalue weighted by Crippen LogP contribution is -2.18. The van der Waals surface area contributed by atoms with Crippen LogP contribution >= 0.6 is 11.3 Å². The second-order valence-corrected chi connectivity index (χ2v) is 5.67. The molecule has 0 amide bonds. The van der Waals surface area contributed by atoms with Gasteiger partial charge in [0.15, 0.2) is 0 Å². The average Bonchev–Trinajstić information content (AvgIpc) is 3.01. The maximum atomic E-state index is 4.66. The van der Waals surface area contributed by atoms with Crippen molar-refractivity contribution in [3.05, 3.63) is 47.2 Å². The van der Waals surface area contributed by atoms with Gasteiger partial charge in [-0.05, 0) is 25.1 Å². The summed E-state index contributed by atoms with van der Waals surface area (Å²) in [5.41, 5.74) is 2.13. The van der Waals surface area contributed by atoms with Crippen molar-refractivity contribution in [1.29, 1.82) is 0 Å². The van der Waals surface area contributed by atoms with Crippen LogP contribution in [0, 0.1) is 0 Å². The highest BCUT2D eigenvalue weighted by molar-refractivity contribution is 7.18. The fourth-order valence-electron chi connectivity index (χ4n) is 1.98. The Bertz CT molecular complexity index is 652.